The van der Waals surface area contributed by atoms with Crippen molar-refractivity contribution in [2.45, 2.75) is 26.4 Å². The molecule has 0 unspecified atom stereocenters. The average molecular weight is 344 g/mol. The van der Waals surface area contributed by atoms with E-state index in [9.17, 15) is 4.79 Å². The monoisotopic (exact) mass is 343 g/mol. The molecular formula is C17H18ClN5O. The van der Waals surface area contributed by atoms with E-state index in [4.69, 9.17) is 11.6 Å². The topological polar surface area (TPSA) is 64.7 Å². The Balaban J connectivity index is 1.57. The van der Waals surface area contributed by atoms with Crippen LogP contribution < -0.4 is 5.32 Å². The molecule has 124 valence electrons. The third-order valence-electron chi connectivity index (χ3n) is 3.50. The summed E-state index contributed by atoms with van der Waals surface area (Å²) in [5.41, 5.74) is 2.04. The summed E-state index contributed by atoms with van der Waals surface area (Å²) in [7, 11) is 0. The Morgan fingerprint density at radius 3 is 2.67 bits per heavy atom. The highest BCUT2D eigenvalue weighted by Gasteiger charge is 2.11. The summed E-state index contributed by atoms with van der Waals surface area (Å²) in [5, 5.41) is 11.8. The van der Waals surface area contributed by atoms with Crippen LogP contribution >= 0.6 is 11.6 Å². The Kier molecular flexibility index (Phi) is 4.96. The second-order valence-corrected chi connectivity index (χ2v) is 5.93. The van der Waals surface area contributed by atoms with Gasteiger partial charge in [-0.15, -0.1) is 0 Å². The molecule has 0 atom stereocenters. The van der Waals surface area contributed by atoms with Crippen molar-refractivity contribution >= 4 is 23.3 Å². The largest absolute Gasteiger partial charge is 0.308 e. The number of carbonyl (C=O) groups excluding carboxylic acids is 1. The van der Waals surface area contributed by atoms with Gasteiger partial charge in [-0.1, -0.05) is 41.9 Å². The molecule has 0 aliphatic carbocycles. The second kappa shape index (κ2) is 7.31. The number of aryl methyl sites for hydroxylation is 2. The standard InChI is InChI=1S/C17H18ClN5O/c1-13-7-9-22(20-13)10-8-16(24)19-17-15(18)12-23(21-17)11-14-5-3-2-4-6-14/h2-7,9,12H,8,10-11H2,1H3,(H,19,21,24). The van der Waals surface area contributed by atoms with E-state index in [0.29, 0.717) is 30.4 Å². The van der Waals surface area contributed by atoms with Gasteiger partial charge in [-0.05, 0) is 18.6 Å². The Morgan fingerprint density at radius 1 is 1.17 bits per heavy atom. The van der Waals surface area contributed by atoms with Crippen molar-refractivity contribution in [3.05, 3.63) is 65.1 Å². The normalized spacial score (nSPS) is 10.8. The number of benzene rings is 1. The number of nitrogens with one attached hydrogen (secondary N) is 1. The number of carbonyl (C=O) groups is 1. The maximum atomic E-state index is 12.1. The molecule has 0 aliphatic heterocycles. The fourth-order valence-electron chi connectivity index (χ4n) is 2.33. The first kappa shape index (κ1) is 16.3. The predicted octanol–water partition coefficient (Wildman–Crippen LogP) is 3.12. The van der Waals surface area contributed by atoms with Gasteiger partial charge in [0.05, 0.1) is 12.2 Å². The summed E-state index contributed by atoms with van der Waals surface area (Å²) < 4.78 is 3.45. The molecule has 0 aliphatic rings. The lowest BCUT2D eigenvalue weighted by Gasteiger charge is -2.04. The van der Waals surface area contributed by atoms with Gasteiger partial charge in [-0.3, -0.25) is 14.2 Å². The zero-order valence-electron chi connectivity index (χ0n) is 13.3. The Bertz CT molecular complexity index is 825. The molecule has 2 aromatic heterocycles. The van der Waals surface area contributed by atoms with Crippen molar-refractivity contribution in [3.8, 4) is 0 Å². The van der Waals surface area contributed by atoms with Crippen LogP contribution in [0.15, 0.2) is 48.8 Å². The molecule has 1 N–H and O–H groups in total. The van der Waals surface area contributed by atoms with E-state index in [0.717, 1.165) is 11.3 Å². The molecule has 0 radical (unpaired) electrons. The molecule has 2 heterocycles. The van der Waals surface area contributed by atoms with Gasteiger partial charge in [0, 0.05) is 25.4 Å². The first-order valence-corrected chi connectivity index (χ1v) is 8.05. The fourth-order valence-corrected chi connectivity index (χ4v) is 2.53. The highest BCUT2D eigenvalue weighted by atomic mass is 35.5. The van der Waals surface area contributed by atoms with Crippen LogP contribution in [0.4, 0.5) is 5.82 Å². The summed E-state index contributed by atoms with van der Waals surface area (Å²) in [6.45, 7) is 3.03. The Labute approximate surface area is 145 Å². The minimum Gasteiger partial charge on any atom is -0.308 e. The Hall–Kier alpha value is -2.60. The molecule has 0 saturated heterocycles. The molecule has 3 rings (SSSR count). The van der Waals surface area contributed by atoms with Gasteiger partial charge in [0.15, 0.2) is 5.82 Å². The molecule has 0 fully saturated rings. The Morgan fingerprint density at radius 2 is 1.96 bits per heavy atom. The third kappa shape index (κ3) is 4.23. The number of aromatic nitrogens is 4. The van der Waals surface area contributed by atoms with Gasteiger partial charge < -0.3 is 5.32 Å². The van der Waals surface area contributed by atoms with Crippen molar-refractivity contribution < 1.29 is 4.79 Å². The summed E-state index contributed by atoms with van der Waals surface area (Å²) >= 11 is 6.16. The van der Waals surface area contributed by atoms with E-state index in [1.54, 1.807) is 15.6 Å². The zero-order chi connectivity index (χ0) is 16.9. The highest BCUT2D eigenvalue weighted by Crippen LogP contribution is 2.20. The van der Waals surface area contributed by atoms with E-state index in [2.05, 4.69) is 15.5 Å². The van der Waals surface area contributed by atoms with Gasteiger partial charge in [0.2, 0.25) is 5.91 Å². The van der Waals surface area contributed by atoms with Crippen molar-refractivity contribution in [3.63, 3.8) is 0 Å². The SMILES string of the molecule is Cc1ccn(CCC(=O)Nc2nn(Cc3ccccc3)cc2Cl)n1. The number of nitrogens with zero attached hydrogens (tertiary/aromatic N) is 4. The van der Waals surface area contributed by atoms with E-state index < -0.39 is 0 Å². The van der Waals surface area contributed by atoms with Crippen LogP contribution in [-0.4, -0.2) is 25.5 Å². The molecule has 6 nitrogen and oxygen atoms in total. The van der Waals surface area contributed by atoms with Gasteiger partial charge in [0.1, 0.15) is 5.02 Å². The molecular weight excluding hydrogens is 326 g/mol. The summed E-state index contributed by atoms with van der Waals surface area (Å²) in [4.78, 5) is 12.1. The van der Waals surface area contributed by atoms with Crippen LogP contribution in [0.2, 0.25) is 5.02 Å². The quantitative estimate of drug-likeness (QED) is 0.748. The average Bonchev–Trinajstić information content (AvgIpc) is 3.12. The predicted molar refractivity (Wildman–Crippen MR) is 93.0 cm³/mol. The number of anilines is 1. The number of hydrogen-bond acceptors (Lipinski definition) is 3. The molecule has 0 spiro atoms. The lowest BCUT2D eigenvalue weighted by atomic mass is 10.2. The van der Waals surface area contributed by atoms with Crippen molar-refractivity contribution in [1.82, 2.24) is 19.6 Å². The molecule has 0 saturated carbocycles. The lowest BCUT2D eigenvalue weighted by Crippen LogP contribution is -2.15. The summed E-state index contributed by atoms with van der Waals surface area (Å²) in [6, 6.07) is 11.8. The molecule has 3 aromatic rings. The van der Waals surface area contributed by atoms with Gasteiger partial charge >= 0.3 is 0 Å². The van der Waals surface area contributed by atoms with Crippen LogP contribution in [0.3, 0.4) is 0 Å². The van der Waals surface area contributed by atoms with Gasteiger partial charge in [-0.2, -0.15) is 10.2 Å². The molecule has 1 aromatic carbocycles. The van der Waals surface area contributed by atoms with E-state index in [-0.39, 0.29) is 5.91 Å². The van der Waals surface area contributed by atoms with Crippen LogP contribution in [0.5, 0.6) is 0 Å². The van der Waals surface area contributed by atoms with E-state index in [1.165, 1.54) is 0 Å². The van der Waals surface area contributed by atoms with Crippen LogP contribution in [-0.2, 0) is 17.9 Å². The highest BCUT2D eigenvalue weighted by molar-refractivity contribution is 6.33. The third-order valence-corrected chi connectivity index (χ3v) is 3.78. The van der Waals surface area contributed by atoms with Crippen LogP contribution in [0, 0.1) is 6.92 Å². The second-order valence-electron chi connectivity index (χ2n) is 5.53. The minimum absolute atomic E-state index is 0.144. The number of amides is 1. The zero-order valence-corrected chi connectivity index (χ0v) is 14.1. The summed E-state index contributed by atoms with van der Waals surface area (Å²) in [5.74, 6) is 0.240. The number of hydrogen-bond donors (Lipinski definition) is 1. The molecule has 24 heavy (non-hydrogen) atoms. The minimum atomic E-state index is -0.144. The first-order valence-electron chi connectivity index (χ1n) is 7.67. The molecule has 1 amide bonds. The molecule has 7 heteroatoms. The maximum Gasteiger partial charge on any atom is 0.227 e. The van der Waals surface area contributed by atoms with E-state index >= 15 is 0 Å². The fraction of sp³-hybridized carbons (Fsp3) is 0.235. The summed E-state index contributed by atoms with van der Waals surface area (Å²) in [6.07, 6.45) is 3.87. The van der Waals surface area contributed by atoms with Crippen molar-refractivity contribution in [1.29, 1.82) is 0 Å². The number of halogens is 1. The van der Waals surface area contributed by atoms with E-state index in [1.807, 2.05) is 49.5 Å². The van der Waals surface area contributed by atoms with Gasteiger partial charge in [-0.25, -0.2) is 0 Å². The van der Waals surface area contributed by atoms with Gasteiger partial charge in [0.25, 0.3) is 0 Å². The smallest absolute Gasteiger partial charge is 0.227 e. The number of rotatable bonds is 6. The lowest BCUT2D eigenvalue weighted by molar-refractivity contribution is -0.116. The van der Waals surface area contributed by atoms with Crippen LogP contribution in [0.1, 0.15) is 17.7 Å². The van der Waals surface area contributed by atoms with Crippen molar-refractivity contribution in [2.75, 3.05) is 5.32 Å². The first-order chi connectivity index (χ1) is 11.6. The molecule has 0 bridgehead atoms. The van der Waals surface area contributed by atoms with Crippen LogP contribution in [0.25, 0.3) is 0 Å². The maximum absolute atomic E-state index is 12.1. The van der Waals surface area contributed by atoms with Crippen molar-refractivity contribution in [2.24, 2.45) is 0 Å².